The van der Waals surface area contributed by atoms with E-state index in [1.54, 1.807) is 54.7 Å². The fraction of sp³-hybridized carbons (Fsp3) is 0.0909. The van der Waals surface area contributed by atoms with Crippen LogP contribution in [0.15, 0.2) is 123 Å². The van der Waals surface area contributed by atoms with Crippen LogP contribution in [-0.2, 0) is 19.1 Å². The quantitative estimate of drug-likeness (QED) is 0.221. The molecule has 12 nitrogen and oxygen atoms in total. The van der Waals surface area contributed by atoms with Crippen molar-refractivity contribution in [3.8, 4) is 23.0 Å². The summed E-state index contributed by atoms with van der Waals surface area (Å²) in [7, 11) is 2.33. The smallest absolute Gasteiger partial charge is 0.362 e. The Hall–Kier alpha value is -6.48. The second-order valence-corrected chi connectivity index (χ2v) is 9.89. The summed E-state index contributed by atoms with van der Waals surface area (Å²) in [5.41, 5.74) is 7.94. The van der Waals surface area contributed by atoms with Crippen molar-refractivity contribution in [2.24, 2.45) is 5.73 Å². The number of carbonyl (C=O) groups excluding carboxylic acids is 2. The molecular formula is C33H24N6O6. The first-order valence-electron chi connectivity index (χ1n) is 13.6. The number of carbonyl (C=O) groups is 2. The number of nitrogens with two attached hydrogens (primary N) is 1. The number of benzene rings is 3. The number of ether oxygens (including phenoxy) is 2. The van der Waals surface area contributed by atoms with Crippen LogP contribution in [0.2, 0.25) is 0 Å². The zero-order valence-corrected chi connectivity index (χ0v) is 24.0. The maximum atomic E-state index is 13.3. The van der Waals surface area contributed by atoms with Crippen LogP contribution in [0.3, 0.4) is 0 Å². The van der Waals surface area contributed by atoms with Gasteiger partial charge in [-0.15, -0.1) is 5.10 Å². The Morgan fingerprint density at radius 3 is 2.31 bits per heavy atom. The minimum atomic E-state index is -1.02. The Kier molecular flexibility index (Phi) is 7.42. The molecule has 6 rings (SSSR count). The van der Waals surface area contributed by atoms with E-state index in [0.717, 1.165) is 12.7 Å². The number of esters is 2. The molecule has 0 spiro atoms. The van der Waals surface area contributed by atoms with E-state index in [2.05, 4.69) is 16.4 Å². The van der Waals surface area contributed by atoms with E-state index >= 15 is 0 Å². The van der Waals surface area contributed by atoms with Gasteiger partial charge in [0.25, 0.3) is 0 Å². The third-order valence-corrected chi connectivity index (χ3v) is 7.38. The van der Waals surface area contributed by atoms with E-state index in [1.807, 2.05) is 30.3 Å². The van der Waals surface area contributed by atoms with Gasteiger partial charge in [0.15, 0.2) is 5.69 Å². The van der Waals surface area contributed by atoms with Gasteiger partial charge in [0, 0.05) is 17.0 Å². The number of nitrogens with zero attached hydrogens (tertiary/aromatic N) is 5. The first-order valence-corrected chi connectivity index (χ1v) is 13.6. The van der Waals surface area contributed by atoms with E-state index in [0.29, 0.717) is 16.6 Å². The van der Waals surface area contributed by atoms with Gasteiger partial charge in [-0.25, -0.2) is 19.1 Å². The number of aromatic nitrogens is 3. The van der Waals surface area contributed by atoms with Crippen molar-refractivity contribution in [1.82, 2.24) is 15.0 Å². The molecule has 1 aliphatic rings. The highest BCUT2D eigenvalue weighted by Crippen LogP contribution is 2.43. The molecule has 0 saturated heterocycles. The lowest BCUT2D eigenvalue weighted by Gasteiger charge is -2.35. The summed E-state index contributed by atoms with van der Waals surface area (Å²) in [4.78, 5) is 41.0. The van der Waals surface area contributed by atoms with Gasteiger partial charge < -0.3 is 19.6 Å². The van der Waals surface area contributed by atoms with Crippen molar-refractivity contribution < 1.29 is 23.5 Å². The van der Waals surface area contributed by atoms with Crippen molar-refractivity contribution in [3.05, 3.63) is 130 Å². The molecule has 5 aromatic rings. The number of hydrogen-bond acceptors (Lipinski definition) is 11. The van der Waals surface area contributed by atoms with Crippen molar-refractivity contribution in [2.75, 3.05) is 19.1 Å². The predicted octanol–water partition coefficient (Wildman–Crippen LogP) is 3.94. The third kappa shape index (κ3) is 4.98. The maximum Gasteiger partial charge on any atom is 0.362 e. The third-order valence-electron chi connectivity index (χ3n) is 7.38. The van der Waals surface area contributed by atoms with Gasteiger partial charge in [-0.05, 0) is 23.8 Å². The molecule has 0 saturated carbocycles. The largest absolute Gasteiger partial charge is 0.466 e. The molecule has 1 atom stereocenters. The lowest BCUT2D eigenvalue weighted by molar-refractivity contribution is -0.139. The van der Waals surface area contributed by atoms with Gasteiger partial charge in [-0.1, -0.05) is 65.9 Å². The lowest BCUT2D eigenvalue weighted by Crippen LogP contribution is -2.40. The van der Waals surface area contributed by atoms with E-state index in [9.17, 15) is 19.6 Å². The van der Waals surface area contributed by atoms with Crippen molar-refractivity contribution in [1.29, 1.82) is 5.26 Å². The Morgan fingerprint density at radius 1 is 0.956 bits per heavy atom. The Morgan fingerprint density at radius 2 is 1.64 bits per heavy atom. The molecule has 2 aromatic heterocycles. The second kappa shape index (κ2) is 11.7. The number of nitriles is 1. The van der Waals surface area contributed by atoms with Crippen LogP contribution in [0, 0.1) is 11.3 Å². The van der Waals surface area contributed by atoms with Gasteiger partial charge >= 0.3 is 17.6 Å². The van der Waals surface area contributed by atoms with E-state index < -0.39 is 23.5 Å². The summed E-state index contributed by atoms with van der Waals surface area (Å²) in [6, 6.07) is 26.5. The van der Waals surface area contributed by atoms with Crippen molar-refractivity contribution in [3.63, 3.8) is 0 Å². The highest BCUT2D eigenvalue weighted by atomic mass is 16.5. The summed E-state index contributed by atoms with van der Waals surface area (Å²) < 4.78 is 17.2. The molecule has 1 unspecified atom stereocenters. The van der Waals surface area contributed by atoms with E-state index in [4.69, 9.17) is 19.6 Å². The van der Waals surface area contributed by atoms with Gasteiger partial charge in [0.05, 0.1) is 49.2 Å². The first kappa shape index (κ1) is 28.6. The summed E-state index contributed by atoms with van der Waals surface area (Å²) >= 11 is 0. The van der Waals surface area contributed by atoms with Gasteiger partial charge in [0.2, 0.25) is 0 Å². The van der Waals surface area contributed by atoms with Crippen LogP contribution < -0.4 is 16.3 Å². The lowest BCUT2D eigenvalue weighted by atomic mass is 9.81. The molecule has 0 amide bonds. The predicted molar refractivity (Wildman–Crippen MR) is 162 cm³/mol. The molecule has 0 aliphatic carbocycles. The highest BCUT2D eigenvalue weighted by molar-refractivity contribution is 6.06. The number of methoxy groups -OCH3 is 2. The second-order valence-electron chi connectivity index (χ2n) is 9.89. The molecule has 3 heterocycles. The van der Waals surface area contributed by atoms with E-state index in [1.165, 1.54) is 22.8 Å². The monoisotopic (exact) mass is 600 g/mol. The summed E-state index contributed by atoms with van der Waals surface area (Å²) in [5.74, 6) is -2.88. The molecule has 0 radical (unpaired) electrons. The molecular weight excluding hydrogens is 576 g/mol. The zero-order valence-electron chi connectivity index (χ0n) is 24.0. The molecule has 12 heteroatoms. The number of anilines is 1. The topological polar surface area (TPSA) is 167 Å². The van der Waals surface area contributed by atoms with Crippen molar-refractivity contribution in [2.45, 2.75) is 5.92 Å². The Bertz CT molecular complexity index is 2130. The minimum Gasteiger partial charge on any atom is -0.466 e. The van der Waals surface area contributed by atoms with Gasteiger partial charge in [0.1, 0.15) is 22.8 Å². The minimum absolute atomic E-state index is 0.00607. The molecule has 222 valence electrons. The normalized spacial score (nSPS) is 14.8. The standard InChI is InChI=1S/C33H24N6O6/c1-43-32(41)28-27(20-11-7-4-8-12-20)23(17-34)30(35)39(29(28)33(42)44-2)22-14-13-21-15-25(31(40)45-26(21)16-22)38-18-24(36-37-38)19-9-5-3-6-10-19/h3-16,18,27H,35H2,1-2H3. The van der Waals surface area contributed by atoms with Crippen LogP contribution >= 0.6 is 0 Å². The molecule has 2 N–H and O–H groups in total. The Labute approximate surface area is 255 Å². The SMILES string of the molecule is COC(=O)C1=C(C(=O)OC)N(c2ccc3cc(-n4cc(-c5ccccc5)nn4)c(=O)oc3c2)C(N)=C(C#N)C1c1ccccc1. The molecule has 0 bridgehead atoms. The van der Waals surface area contributed by atoms with Crippen LogP contribution in [-0.4, -0.2) is 41.2 Å². The number of fused-ring (bicyclic) bond motifs is 1. The highest BCUT2D eigenvalue weighted by Gasteiger charge is 2.43. The molecule has 0 fully saturated rings. The average Bonchev–Trinajstić information content (AvgIpc) is 3.57. The fourth-order valence-electron chi connectivity index (χ4n) is 5.29. The molecule has 45 heavy (non-hydrogen) atoms. The van der Waals surface area contributed by atoms with Crippen LogP contribution in [0.4, 0.5) is 5.69 Å². The number of hydrogen-bond donors (Lipinski definition) is 1. The van der Waals surface area contributed by atoms with Gasteiger partial charge in [-0.3, -0.25) is 4.90 Å². The maximum absolute atomic E-state index is 13.3. The molecule has 3 aromatic carbocycles. The van der Waals surface area contributed by atoms with Crippen LogP contribution in [0.5, 0.6) is 0 Å². The summed E-state index contributed by atoms with van der Waals surface area (Å²) in [6.45, 7) is 0. The molecule has 1 aliphatic heterocycles. The van der Waals surface area contributed by atoms with Crippen LogP contribution in [0.25, 0.3) is 27.9 Å². The Balaban J connectivity index is 1.50. The van der Waals surface area contributed by atoms with Crippen molar-refractivity contribution >= 4 is 28.6 Å². The fourth-order valence-corrected chi connectivity index (χ4v) is 5.29. The number of allylic oxidation sites excluding steroid dienone is 1. The average molecular weight is 601 g/mol. The number of rotatable bonds is 6. The van der Waals surface area contributed by atoms with Crippen LogP contribution in [0.1, 0.15) is 11.5 Å². The first-order chi connectivity index (χ1) is 21.9. The zero-order chi connectivity index (χ0) is 31.7. The van der Waals surface area contributed by atoms with Gasteiger partial charge in [-0.2, -0.15) is 5.26 Å². The summed E-state index contributed by atoms with van der Waals surface area (Å²) in [6.07, 6.45) is 1.62. The van der Waals surface area contributed by atoms with E-state index in [-0.39, 0.29) is 39.6 Å². The summed E-state index contributed by atoms with van der Waals surface area (Å²) in [5, 5.41) is 19.0.